The normalized spacial score (nSPS) is 13.3. The van der Waals surface area contributed by atoms with Gasteiger partial charge in [0.1, 0.15) is 19.6 Å². The van der Waals surface area contributed by atoms with Gasteiger partial charge in [-0.2, -0.15) is 0 Å². The first kappa shape index (κ1) is 56.9. The molecule has 0 saturated carbocycles. The van der Waals surface area contributed by atoms with Gasteiger partial charge in [-0.1, -0.05) is 136 Å². The highest BCUT2D eigenvalue weighted by molar-refractivity contribution is 9.10. The number of alkyl halides is 6. The number of nitrogens with one attached hydrogen (secondary N) is 1. The van der Waals surface area contributed by atoms with Crippen molar-refractivity contribution in [3.8, 4) is 35.3 Å². The fourth-order valence-electron chi connectivity index (χ4n) is 6.48. The number of amides is 2. The van der Waals surface area contributed by atoms with Crippen molar-refractivity contribution in [2.24, 2.45) is 0 Å². The molecule has 0 radical (unpaired) electrons. The smallest absolute Gasteiger partial charge is 0.406 e. The van der Waals surface area contributed by atoms with Crippen LogP contribution < -0.4 is 14.8 Å². The summed E-state index contributed by atoms with van der Waals surface area (Å²) in [5, 5.41) is 4.05. The Kier molecular flexibility index (Phi) is 20.6. The summed E-state index contributed by atoms with van der Waals surface area (Å²) in [6.07, 6.45) is -4.36. The van der Waals surface area contributed by atoms with Crippen LogP contribution in [0.4, 0.5) is 26.3 Å². The Morgan fingerprint density at radius 2 is 1.10 bits per heavy atom. The van der Waals surface area contributed by atoms with Crippen LogP contribution in [0.15, 0.2) is 77.3 Å². The number of carbonyl (C=O) groups excluding carboxylic acids is 2. The summed E-state index contributed by atoms with van der Waals surface area (Å²) >= 11 is 15.8. The van der Waals surface area contributed by atoms with Gasteiger partial charge in [0, 0.05) is 54.3 Å². The molecule has 362 valence electrons. The molecule has 2 amide bonds. The lowest BCUT2D eigenvalue weighted by Crippen LogP contribution is -2.29. The summed E-state index contributed by atoms with van der Waals surface area (Å²) in [4.78, 5) is 28.4. The number of halogens is 9. The van der Waals surface area contributed by atoms with Gasteiger partial charge in [-0.3, -0.25) is 9.59 Å². The molecule has 0 fully saturated rings. The molecule has 0 unspecified atom stereocenters. The maximum Gasteiger partial charge on any atom is 0.573 e. The topological polar surface area (TPSA) is 71.1 Å². The molecule has 2 heterocycles. The van der Waals surface area contributed by atoms with Crippen LogP contribution in [0, 0.1) is 23.8 Å². The minimum Gasteiger partial charge on any atom is -0.406 e. The van der Waals surface area contributed by atoms with E-state index in [1.54, 1.807) is 21.9 Å². The molecule has 4 aromatic rings. The lowest BCUT2D eigenvalue weighted by Gasteiger charge is -2.16. The molecule has 0 spiro atoms. The first-order chi connectivity index (χ1) is 30.8. The standard InChI is InChI=1S/C21H19ClF3NO2Si.C16H10BrClF3NO2.C6H15N.C6H12Si/c1-29(2,3)9-8-15-10-16-13-26(20(27)19(16)18(22)11-15)12-14-4-6-17(7-5-14)28-21(23,24)25;17-11-5-10-8-22(15(23)14(10)13(18)6-11)7-9-1-3-12(4-2-9)24-16(19,20)21;1-5(2)7-6(3)4;1-5-6-7(2,3)4/h4-7,10-11H,12-13H2,1-3H3;1-6H,7-8H2;5-7H,1-4H3;1H,6H2,2-4H3. The van der Waals surface area contributed by atoms with Crippen molar-refractivity contribution in [2.75, 3.05) is 0 Å². The van der Waals surface area contributed by atoms with Gasteiger partial charge in [0.25, 0.3) is 11.8 Å². The van der Waals surface area contributed by atoms with Crippen LogP contribution in [0.1, 0.15) is 76.2 Å². The van der Waals surface area contributed by atoms with Gasteiger partial charge in [0.15, 0.2) is 0 Å². The zero-order chi connectivity index (χ0) is 50.7. The van der Waals surface area contributed by atoms with Crippen LogP contribution in [-0.2, 0) is 26.2 Å². The third-order valence-electron chi connectivity index (χ3n) is 8.97. The number of hydrogen-bond donors (Lipinski definition) is 1. The van der Waals surface area contributed by atoms with Gasteiger partial charge in [0.2, 0.25) is 0 Å². The quantitative estimate of drug-likeness (QED) is 0.103. The number of hydrogen-bond acceptors (Lipinski definition) is 5. The number of nitrogens with zero attached hydrogens (tertiary/aromatic N) is 2. The van der Waals surface area contributed by atoms with Crippen LogP contribution >= 0.6 is 39.1 Å². The summed E-state index contributed by atoms with van der Waals surface area (Å²) in [6.45, 7) is 23.2. The average molecular weight is 1070 g/mol. The summed E-state index contributed by atoms with van der Waals surface area (Å²) in [7, 11) is -2.44. The minimum absolute atomic E-state index is 0.196. The zero-order valence-corrected chi connectivity index (χ0v) is 44.2. The van der Waals surface area contributed by atoms with E-state index >= 15 is 0 Å². The third kappa shape index (κ3) is 20.4. The largest absolute Gasteiger partial charge is 0.573 e. The SMILES string of the molecule is C#CC[Si](C)(C)C.CC(C)NC(C)C.C[Si](C)(C)C#Cc1cc(Cl)c2c(c1)CN(Cc1ccc(OC(F)(F)F)cc1)C2=O.O=C1c2c(Cl)cc(Br)cc2CN1Cc1ccc(OC(F)(F)F)cc1. The van der Waals surface area contributed by atoms with E-state index in [1.165, 1.54) is 48.5 Å². The second-order valence-corrected chi connectivity index (χ2v) is 30.5. The number of carbonyl (C=O) groups is 2. The number of fused-ring (bicyclic) bond motifs is 2. The number of benzene rings is 4. The van der Waals surface area contributed by atoms with Crippen molar-refractivity contribution in [3.63, 3.8) is 0 Å². The Morgan fingerprint density at radius 3 is 1.43 bits per heavy atom. The molecule has 7 nitrogen and oxygen atoms in total. The Bertz CT molecular complexity index is 2430. The van der Waals surface area contributed by atoms with Crippen molar-refractivity contribution in [1.29, 1.82) is 0 Å². The van der Waals surface area contributed by atoms with Gasteiger partial charge >= 0.3 is 12.7 Å². The van der Waals surface area contributed by atoms with Crippen molar-refractivity contribution < 1.29 is 45.4 Å². The highest BCUT2D eigenvalue weighted by Crippen LogP contribution is 2.35. The predicted molar refractivity (Wildman–Crippen MR) is 265 cm³/mol. The molecular formula is C49H56BrCl2F6N3O4Si2. The van der Waals surface area contributed by atoms with Crippen LogP contribution in [0.2, 0.25) is 55.4 Å². The first-order valence-corrected chi connectivity index (χ1v) is 29.9. The second kappa shape index (κ2) is 24.2. The summed E-state index contributed by atoms with van der Waals surface area (Å²) in [5.41, 5.74) is 7.99. The number of rotatable bonds is 9. The van der Waals surface area contributed by atoms with E-state index < -0.39 is 28.9 Å². The third-order valence-corrected chi connectivity index (χ3v) is 12.2. The maximum absolute atomic E-state index is 12.7. The Hall–Kier alpha value is -4.43. The average Bonchev–Trinajstić information content (AvgIpc) is 3.64. The van der Waals surface area contributed by atoms with Gasteiger partial charge in [0.05, 0.1) is 29.2 Å². The highest BCUT2D eigenvalue weighted by Gasteiger charge is 2.34. The molecule has 2 aliphatic rings. The van der Waals surface area contributed by atoms with Crippen LogP contribution in [-0.4, -0.2) is 62.6 Å². The van der Waals surface area contributed by atoms with Crippen LogP contribution in [0.3, 0.4) is 0 Å². The second-order valence-electron chi connectivity index (χ2n) is 18.5. The van der Waals surface area contributed by atoms with Gasteiger partial charge in [-0.15, -0.1) is 44.2 Å². The lowest BCUT2D eigenvalue weighted by atomic mass is 10.1. The van der Waals surface area contributed by atoms with E-state index in [4.69, 9.17) is 29.6 Å². The van der Waals surface area contributed by atoms with Crippen molar-refractivity contribution in [2.45, 2.75) is 124 Å². The monoisotopic (exact) mass is 1070 g/mol. The summed E-state index contributed by atoms with van der Waals surface area (Å²) < 4.78 is 81.7. The first-order valence-electron chi connectivity index (χ1n) is 21.1. The van der Waals surface area contributed by atoms with Crippen molar-refractivity contribution in [1.82, 2.24) is 15.1 Å². The zero-order valence-electron chi connectivity index (χ0n) is 39.1. The molecule has 0 aliphatic carbocycles. The Morgan fingerprint density at radius 1 is 0.701 bits per heavy atom. The summed E-state index contributed by atoms with van der Waals surface area (Å²) in [5.74, 6) is 4.82. The molecule has 0 atom stereocenters. The van der Waals surface area contributed by atoms with Crippen LogP contribution in [0.25, 0.3) is 0 Å². The molecule has 0 bridgehead atoms. The van der Waals surface area contributed by atoms with E-state index in [9.17, 15) is 35.9 Å². The summed E-state index contributed by atoms with van der Waals surface area (Å²) in [6, 6.07) is 20.2. The molecule has 0 aromatic heterocycles. The van der Waals surface area contributed by atoms with Gasteiger partial charge in [-0.05, 0) is 70.8 Å². The molecule has 6 rings (SSSR count). The van der Waals surface area contributed by atoms with E-state index in [2.05, 4.69) is 115 Å². The molecule has 4 aromatic carbocycles. The van der Waals surface area contributed by atoms with E-state index in [-0.39, 0.29) is 36.4 Å². The predicted octanol–water partition coefficient (Wildman–Crippen LogP) is 14.1. The lowest BCUT2D eigenvalue weighted by molar-refractivity contribution is -0.275. The molecule has 2 aliphatic heterocycles. The Labute approximate surface area is 411 Å². The number of terminal acetylenes is 1. The minimum atomic E-state index is -4.74. The molecule has 67 heavy (non-hydrogen) atoms. The van der Waals surface area contributed by atoms with Gasteiger partial charge in [-0.25, -0.2) is 0 Å². The molecule has 1 N–H and O–H groups in total. The van der Waals surface area contributed by atoms with E-state index in [0.717, 1.165) is 27.2 Å². The van der Waals surface area contributed by atoms with E-state index in [0.29, 0.717) is 57.5 Å². The fraction of sp³-hybridized carbons (Fsp3) is 0.388. The highest BCUT2D eigenvalue weighted by atomic mass is 79.9. The van der Waals surface area contributed by atoms with Crippen molar-refractivity contribution in [3.05, 3.63) is 126 Å². The van der Waals surface area contributed by atoms with Crippen molar-refractivity contribution >= 4 is 67.1 Å². The molecule has 0 saturated heterocycles. The van der Waals surface area contributed by atoms with E-state index in [1.807, 2.05) is 12.1 Å². The number of ether oxygens (including phenoxy) is 2. The fourth-order valence-corrected chi connectivity index (χ4v) is 8.89. The molecule has 18 heteroatoms. The van der Waals surface area contributed by atoms with Gasteiger partial charge < -0.3 is 24.6 Å². The van der Waals surface area contributed by atoms with Crippen LogP contribution in [0.5, 0.6) is 11.5 Å². The maximum atomic E-state index is 12.7. The Balaban J connectivity index is 0.000000280. The molecular weight excluding hydrogens is 1020 g/mol.